The average Bonchev–Trinajstić information content (AvgIpc) is 2.89. The Morgan fingerprint density at radius 3 is 2.65 bits per heavy atom. The molecular weight excluding hydrogens is 291 g/mol. The van der Waals surface area contributed by atoms with E-state index in [9.17, 15) is 18.3 Å². The number of aromatic nitrogens is 1. The maximum atomic E-state index is 12.5. The number of rotatable bonds is 4. The van der Waals surface area contributed by atoms with E-state index >= 15 is 0 Å². The van der Waals surface area contributed by atoms with E-state index in [2.05, 4.69) is 4.98 Å². The first-order chi connectivity index (χ1) is 9.41. The highest BCUT2D eigenvalue weighted by Gasteiger charge is 2.35. The molecule has 20 heavy (non-hydrogen) atoms. The topological polar surface area (TPSA) is 42.4 Å². The summed E-state index contributed by atoms with van der Waals surface area (Å²) in [6.07, 6.45) is -4.29. The molecule has 2 aromatic rings. The van der Waals surface area contributed by atoms with Gasteiger partial charge in [0.1, 0.15) is 5.75 Å². The molecule has 0 saturated carbocycles. The van der Waals surface area contributed by atoms with E-state index in [0.717, 1.165) is 11.8 Å². The number of hydrogen-bond acceptors (Lipinski definition) is 4. The number of aliphatic hydroxyl groups is 1. The number of thiazole rings is 1. The van der Waals surface area contributed by atoms with Crippen LogP contribution in [0.3, 0.4) is 0 Å². The van der Waals surface area contributed by atoms with Gasteiger partial charge in [-0.05, 0) is 11.6 Å². The molecule has 0 aliphatic heterocycles. The summed E-state index contributed by atoms with van der Waals surface area (Å²) in [7, 11) is 1.50. The molecule has 1 aromatic heterocycles. The summed E-state index contributed by atoms with van der Waals surface area (Å²) in [6, 6.07) is 7.05. The fourth-order valence-corrected chi connectivity index (χ4v) is 2.52. The Hall–Kier alpha value is -1.60. The summed E-state index contributed by atoms with van der Waals surface area (Å²) in [5.41, 5.74) is 0.726. The van der Waals surface area contributed by atoms with Crippen LogP contribution in [0.1, 0.15) is 21.6 Å². The Morgan fingerprint density at radius 2 is 2.05 bits per heavy atom. The number of ether oxygens (including phenoxy) is 1. The molecule has 108 valence electrons. The lowest BCUT2D eigenvalue weighted by atomic mass is 10.1. The second-order valence-corrected chi connectivity index (χ2v) is 5.16. The van der Waals surface area contributed by atoms with Crippen LogP contribution in [0.15, 0.2) is 30.5 Å². The van der Waals surface area contributed by atoms with Gasteiger partial charge in [0.2, 0.25) is 0 Å². The number of alkyl halides is 3. The van der Waals surface area contributed by atoms with Gasteiger partial charge in [-0.3, -0.25) is 0 Å². The molecular formula is C13H12F3NO2S. The first-order valence-corrected chi connectivity index (χ1v) is 6.56. The lowest BCUT2D eigenvalue weighted by Gasteiger charge is -2.11. The smallest absolute Gasteiger partial charge is 0.443 e. The molecule has 1 unspecified atom stereocenters. The van der Waals surface area contributed by atoms with Crippen molar-refractivity contribution in [3.63, 3.8) is 0 Å². The van der Waals surface area contributed by atoms with Crippen molar-refractivity contribution in [2.75, 3.05) is 7.11 Å². The van der Waals surface area contributed by atoms with E-state index in [1.807, 2.05) is 0 Å². The highest BCUT2D eigenvalue weighted by atomic mass is 32.1. The zero-order valence-electron chi connectivity index (χ0n) is 10.5. The van der Waals surface area contributed by atoms with Gasteiger partial charge in [0.25, 0.3) is 0 Å². The third-order valence-corrected chi connectivity index (χ3v) is 3.84. The number of halogens is 3. The monoisotopic (exact) mass is 303 g/mol. The van der Waals surface area contributed by atoms with Crippen molar-refractivity contribution in [2.24, 2.45) is 0 Å². The standard InChI is InChI=1S/C13H12F3NO2S/c1-19-10-5-3-2-4-8(10)6-9(18)11-7-17-12(20-11)13(14,15)16/h2-5,7,9,18H,6H2,1H3. The Labute approximate surface area is 117 Å². The minimum absolute atomic E-state index is 0.170. The van der Waals surface area contributed by atoms with Crippen LogP contribution in [0.4, 0.5) is 13.2 Å². The highest BCUT2D eigenvalue weighted by molar-refractivity contribution is 7.11. The number of methoxy groups -OCH3 is 1. The van der Waals surface area contributed by atoms with Crippen molar-refractivity contribution in [1.29, 1.82) is 0 Å². The van der Waals surface area contributed by atoms with E-state index in [-0.39, 0.29) is 11.3 Å². The zero-order chi connectivity index (χ0) is 14.8. The van der Waals surface area contributed by atoms with Crippen molar-refractivity contribution in [2.45, 2.75) is 18.7 Å². The van der Waals surface area contributed by atoms with E-state index in [0.29, 0.717) is 17.1 Å². The molecule has 0 aliphatic carbocycles. The molecule has 7 heteroatoms. The van der Waals surface area contributed by atoms with E-state index in [1.165, 1.54) is 7.11 Å². The zero-order valence-corrected chi connectivity index (χ0v) is 11.3. The lowest BCUT2D eigenvalue weighted by Crippen LogP contribution is -2.03. The molecule has 1 heterocycles. The van der Waals surface area contributed by atoms with Crippen molar-refractivity contribution in [1.82, 2.24) is 4.98 Å². The van der Waals surface area contributed by atoms with Crippen molar-refractivity contribution >= 4 is 11.3 Å². The number of aliphatic hydroxyl groups excluding tert-OH is 1. The van der Waals surface area contributed by atoms with Gasteiger partial charge < -0.3 is 9.84 Å². The predicted octanol–water partition coefficient (Wildman–Crippen LogP) is 3.45. The number of benzene rings is 1. The molecule has 0 saturated heterocycles. The fourth-order valence-electron chi connectivity index (χ4n) is 1.75. The molecule has 0 radical (unpaired) electrons. The maximum absolute atomic E-state index is 12.5. The van der Waals surface area contributed by atoms with Gasteiger partial charge in [0.15, 0.2) is 5.01 Å². The molecule has 1 N–H and O–H groups in total. The Bertz CT molecular complexity index is 583. The Kier molecular flexibility index (Phi) is 4.29. The Balaban J connectivity index is 2.16. The second kappa shape index (κ2) is 5.80. The first-order valence-electron chi connectivity index (χ1n) is 5.74. The SMILES string of the molecule is COc1ccccc1CC(O)c1cnc(C(F)(F)F)s1. The van der Waals surface area contributed by atoms with Gasteiger partial charge in [0, 0.05) is 12.6 Å². The Morgan fingerprint density at radius 1 is 1.35 bits per heavy atom. The summed E-state index contributed by atoms with van der Waals surface area (Å²) in [5.74, 6) is 0.590. The average molecular weight is 303 g/mol. The van der Waals surface area contributed by atoms with Gasteiger partial charge in [-0.1, -0.05) is 18.2 Å². The van der Waals surface area contributed by atoms with E-state index in [4.69, 9.17) is 4.74 Å². The highest BCUT2D eigenvalue weighted by Crippen LogP contribution is 2.35. The summed E-state index contributed by atoms with van der Waals surface area (Å²) < 4.78 is 42.5. The fraction of sp³-hybridized carbons (Fsp3) is 0.308. The summed E-state index contributed by atoms with van der Waals surface area (Å²) >= 11 is 0.454. The normalized spacial score (nSPS) is 13.2. The van der Waals surface area contributed by atoms with Crippen LogP contribution in [-0.4, -0.2) is 17.2 Å². The van der Waals surface area contributed by atoms with Crippen molar-refractivity contribution in [3.05, 3.63) is 45.9 Å². The molecule has 1 aromatic carbocycles. The van der Waals surface area contributed by atoms with Crippen LogP contribution >= 0.6 is 11.3 Å². The second-order valence-electron chi connectivity index (χ2n) is 4.10. The third-order valence-electron chi connectivity index (χ3n) is 2.70. The minimum Gasteiger partial charge on any atom is -0.496 e. The molecule has 0 fully saturated rings. The minimum atomic E-state index is -4.48. The molecule has 0 spiro atoms. The van der Waals surface area contributed by atoms with Crippen molar-refractivity contribution < 1.29 is 23.0 Å². The largest absolute Gasteiger partial charge is 0.496 e. The number of nitrogens with zero attached hydrogens (tertiary/aromatic N) is 1. The summed E-state index contributed by atoms with van der Waals surface area (Å²) in [5, 5.41) is 9.07. The third kappa shape index (κ3) is 3.29. The van der Waals surface area contributed by atoms with E-state index in [1.54, 1.807) is 24.3 Å². The van der Waals surface area contributed by atoms with Crippen LogP contribution in [0.25, 0.3) is 0 Å². The van der Waals surface area contributed by atoms with Crippen LogP contribution in [0, 0.1) is 0 Å². The quantitative estimate of drug-likeness (QED) is 0.940. The molecule has 0 bridgehead atoms. The van der Waals surface area contributed by atoms with Crippen LogP contribution in [0.5, 0.6) is 5.75 Å². The van der Waals surface area contributed by atoms with Crippen LogP contribution in [-0.2, 0) is 12.6 Å². The molecule has 0 amide bonds. The van der Waals surface area contributed by atoms with Gasteiger partial charge >= 0.3 is 6.18 Å². The van der Waals surface area contributed by atoms with E-state index < -0.39 is 17.3 Å². The lowest BCUT2D eigenvalue weighted by molar-refractivity contribution is -0.137. The van der Waals surface area contributed by atoms with Gasteiger partial charge in [-0.15, -0.1) is 11.3 Å². The molecule has 2 rings (SSSR count). The van der Waals surface area contributed by atoms with Gasteiger partial charge in [-0.2, -0.15) is 13.2 Å². The summed E-state index contributed by atoms with van der Waals surface area (Å²) in [6.45, 7) is 0. The first kappa shape index (κ1) is 14.8. The predicted molar refractivity (Wildman–Crippen MR) is 68.8 cm³/mol. The summed E-state index contributed by atoms with van der Waals surface area (Å²) in [4.78, 5) is 3.48. The number of para-hydroxylation sites is 1. The van der Waals surface area contributed by atoms with Crippen molar-refractivity contribution in [3.8, 4) is 5.75 Å². The van der Waals surface area contributed by atoms with Gasteiger partial charge in [-0.25, -0.2) is 4.98 Å². The number of hydrogen-bond donors (Lipinski definition) is 1. The molecule has 1 atom stereocenters. The van der Waals surface area contributed by atoms with Gasteiger partial charge in [0.05, 0.1) is 18.1 Å². The molecule has 0 aliphatic rings. The van der Waals surface area contributed by atoms with Crippen LogP contribution in [0.2, 0.25) is 0 Å². The van der Waals surface area contributed by atoms with Crippen LogP contribution < -0.4 is 4.74 Å². The maximum Gasteiger partial charge on any atom is 0.443 e. The molecule has 3 nitrogen and oxygen atoms in total.